The van der Waals surface area contributed by atoms with Gasteiger partial charge < -0.3 is 24.3 Å². The van der Waals surface area contributed by atoms with Gasteiger partial charge >= 0.3 is 0 Å². The highest BCUT2D eigenvalue weighted by molar-refractivity contribution is 5.86. The zero-order valence-electron chi connectivity index (χ0n) is 20.2. The molecule has 0 fully saturated rings. The molecule has 2 N–H and O–H groups in total. The zero-order chi connectivity index (χ0) is 24.4. The molecule has 0 amide bonds. The number of fused-ring (bicyclic) bond motifs is 2. The van der Waals surface area contributed by atoms with Gasteiger partial charge in [-0.2, -0.15) is 0 Å². The van der Waals surface area contributed by atoms with Crippen molar-refractivity contribution < 1.29 is 14.6 Å². The summed E-state index contributed by atoms with van der Waals surface area (Å²) in [6.45, 7) is 7.45. The fourth-order valence-corrected chi connectivity index (χ4v) is 3.85. The third-order valence-corrected chi connectivity index (χ3v) is 5.86. The minimum absolute atomic E-state index is 0.0379. The van der Waals surface area contributed by atoms with Gasteiger partial charge in [-0.15, -0.1) is 0 Å². The number of ether oxygens (including phenoxy) is 2. The van der Waals surface area contributed by atoms with Crippen molar-refractivity contribution in [2.24, 2.45) is 10.4 Å². The van der Waals surface area contributed by atoms with Gasteiger partial charge in [0.2, 0.25) is 0 Å². The molecule has 1 aliphatic rings. The molecular weight excluding hydrogens is 442 g/mol. The summed E-state index contributed by atoms with van der Waals surface area (Å²) in [5.41, 5.74) is 5.40. The van der Waals surface area contributed by atoms with E-state index in [0.29, 0.717) is 37.1 Å². The summed E-state index contributed by atoms with van der Waals surface area (Å²) < 4.78 is 13.8. The number of aromatic nitrogens is 3. The van der Waals surface area contributed by atoms with Crippen LogP contribution in [0, 0.1) is 5.41 Å². The Morgan fingerprint density at radius 2 is 2.00 bits per heavy atom. The molecule has 1 aliphatic heterocycles. The molecule has 0 saturated carbocycles. The second-order valence-corrected chi connectivity index (χ2v) is 9.35. The Morgan fingerprint density at radius 1 is 1.11 bits per heavy atom. The van der Waals surface area contributed by atoms with Crippen LogP contribution >= 0.6 is 0 Å². The first-order valence-electron chi connectivity index (χ1n) is 11.7. The van der Waals surface area contributed by atoms with Gasteiger partial charge in [0.05, 0.1) is 32.1 Å². The van der Waals surface area contributed by atoms with Crippen molar-refractivity contribution in [2.75, 3.05) is 25.1 Å². The van der Waals surface area contributed by atoms with E-state index in [0.717, 1.165) is 28.2 Å². The topological polar surface area (TPSA) is 93.3 Å². The average Bonchev–Trinajstić information content (AvgIpc) is 3.53. The maximum Gasteiger partial charge on any atom is 0.180 e. The lowest BCUT2D eigenvalue weighted by atomic mass is 9.96. The summed E-state index contributed by atoms with van der Waals surface area (Å²) in [6.07, 6.45) is 7.56. The van der Waals surface area contributed by atoms with Crippen LogP contribution in [0.4, 0.5) is 11.5 Å². The Morgan fingerprint density at radius 3 is 2.83 bits per heavy atom. The molecule has 180 valence electrons. The van der Waals surface area contributed by atoms with Crippen LogP contribution in [-0.2, 0) is 6.54 Å². The number of benzene rings is 2. The molecule has 4 aromatic rings. The molecule has 35 heavy (non-hydrogen) atoms. The van der Waals surface area contributed by atoms with Crippen molar-refractivity contribution in [1.82, 2.24) is 14.4 Å². The molecule has 8 nitrogen and oxygen atoms in total. The molecular formula is C27H29N5O3. The molecule has 0 bridgehead atoms. The van der Waals surface area contributed by atoms with E-state index in [1.807, 2.05) is 62.0 Å². The first kappa shape index (κ1) is 22.9. The number of aliphatic hydroxyl groups is 1. The van der Waals surface area contributed by atoms with Gasteiger partial charge in [0.25, 0.3) is 0 Å². The molecule has 2 aromatic heterocycles. The highest BCUT2D eigenvalue weighted by Gasteiger charge is 2.19. The second-order valence-electron chi connectivity index (χ2n) is 9.35. The van der Waals surface area contributed by atoms with Crippen molar-refractivity contribution >= 4 is 23.4 Å². The number of imidazole rings is 1. The van der Waals surface area contributed by atoms with Gasteiger partial charge in [0.15, 0.2) is 23.0 Å². The Bertz CT molecular complexity index is 1390. The number of aliphatic imine (C=N–C) groups is 1. The van der Waals surface area contributed by atoms with Crippen LogP contribution in [0.15, 0.2) is 60.0 Å². The molecule has 8 heteroatoms. The fourth-order valence-electron chi connectivity index (χ4n) is 3.85. The Kier molecular flexibility index (Phi) is 6.13. The van der Waals surface area contributed by atoms with Gasteiger partial charge in [-0.25, -0.2) is 9.97 Å². The highest BCUT2D eigenvalue weighted by Crippen LogP contribution is 2.34. The maximum atomic E-state index is 9.53. The normalized spacial score (nSPS) is 12.7. The van der Waals surface area contributed by atoms with Crippen molar-refractivity contribution in [3.63, 3.8) is 0 Å². The largest absolute Gasteiger partial charge is 0.490 e. The number of nitrogens with one attached hydrogen (secondary N) is 1. The van der Waals surface area contributed by atoms with Crippen LogP contribution in [0.1, 0.15) is 31.9 Å². The Hall–Kier alpha value is -3.91. The van der Waals surface area contributed by atoms with Crippen LogP contribution in [0.25, 0.3) is 16.9 Å². The number of hydrogen-bond acceptors (Lipinski definition) is 7. The number of nitrogens with zero attached hydrogens (tertiary/aromatic N) is 4. The quantitative estimate of drug-likeness (QED) is 0.362. The van der Waals surface area contributed by atoms with E-state index in [1.54, 1.807) is 6.20 Å². The van der Waals surface area contributed by atoms with E-state index in [-0.39, 0.29) is 12.0 Å². The lowest BCUT2D eigenvalue weighted by molar-refractivity contribution is 0.0954. The molecule has 3 heterocycles. The first-order valence-corrected chi connectivity index (χ1v) is 11.7. The predicted molar refractivity (Wildman–Crippen MR) is 137 cm³/mol. The van der Waals surface area contributed by atoms with Crippen LogP contribution < -0.4 is 14.8 Å². The lowest BCUT2D eigenvalue weighted by Gasteiger charge is -2.23. The molecule has 0 radical (unpaired) electrons. The van der Waals surface area contributed by atoms with Crippen molar-refractivity contribution in [3.8, 4) is 22.8 Å². The summed E-state index contributed by atoms with van der Waals surface area (Å²) in [5.74, 6) is 1.90. The SMILES string of the molecule is CCOc1cc(Nc2nc(-c3ccc4c(c3)CN=C4)cn3ccnc23)ccc1OCC(C)(C)CO. The minimum Gasteiger partial charge on any atom is -0.490 e. The monoisotopic (exact) mass is 471 g/mol. The lowest BCUT2D eigenvalue weighted by Crippen LogP contribution is -2.25. The summed E-state index contributed by atoms with van der Waals surface area (Å²) in [6, 6.07) is 12.0. The van der Waals surface area contributed by atoms with Crippen LogP contribution in [0.2, 0.25) is 0 Å². The third-order valence-electron chi connectivity index (χ3n) is 5.86. The Labute approximate surface area is 204 Å². The zero-order valence-corrected chi connectivity index (χ0v) is 20.2. The second kappa shape index (κ2) is 9.38. The fraction of sp³-hybridized carbons (Fsp3) is 0.296. The molecule has 0 atom stereocenters. The van der Waals surface area contributed by atoms with Crippen molar-refractivity contribution in [1.29, 1.82) is 0 Å². The highest BCUT2D eigenvalue weighted by atomic mass is 16.5. The van der Waals surface area contributed by atoms with Crippen LogP contribution in [0.3, 0.4) is 0 Å². The minimum atomic E-state index is -0.346. The number of rotatable bonds is 9. The van der Waals surface area contributed by atoms with E-state index >= 15 is 0 Å². The molecule has 0 aliphatic carbocycles. The number of anilines is 2. The van der Waals surface area contributed by atoms with Gasteiger partial charge in [-0.05, 0) is 36.2 Å². The first-order chi connectivity index (χ1) is 17.0. The van der Waals surface area contributed by atoms with E-state index < -0.39 is 0 Å². The Balaban J connectivity index is 1.46. The third kappa shape index (κ3) is 4.83. The molecule has 0 saturated heterocycles. The van der Waals surface area contributed by atoms with E-state index in [9.17, 15) is 5.11 Å². The van der Waals surface area contributed by atoms with Gasteiger partial charge in [0, 0.05) is 47.5 Å². The van der Waals surface area contributed by atoms with Crippen LogP contribution in [-0.4, -0.2) is 45.5 Å². The standard InChI is InChI=1S/C27H29N5O3/c1-4-34-24-12-21(7-8-23(24)35-17-27(2,3)16-33)30-25-26-29-9-10-32(26)15-22(31-25)18-5-6-19-13-28-14-20(19)11-18/h5-13,15,33H,4,14,16-17H2,1-3H3,(H,30,31). The summed E-state index contributed by atoms with van der Waals surface area (Å²) in [7, 11) is 0. The van der Waals surface area contributed by atoms with E-state index in [2.05, 4.69) is 33.5 Å². The summed E-state index contributed by atoms with van der Waals surface area (Å²) >= 11 is 0. The smallest absolute Gasteiger partial charge is 0.180 e. The van der Waals surface area contributed by atoms with Gasteiger partial charge in [0.1, 0.15) is 0 Å². The predicted octanol–water partition coefficient (Wildman–Crippen LogP) is 4.87. The molecule has 0 spiro atoms. The number of hydrogen-bond donors (Lipinski definition) is 2. The maximum absolute atomic E-state index is 9.53. The average molecular weight is 472 g/mol. The van der Waals surface area contributed by atoms with E-state index in [1.165, 1.54) is 5.56 Å². The van der Waals surface area contributed by atoms with Gasteiger partial charge in [-0.1, -0.05) is 26.0 Å². The summed E-state index contributed by atoms with van der Waals surface area (Å²) in [4.78, 5) is 13.8. The number of aliphatic hydroxyl groups excluding tert-OH is 1. The molecule has 0 unspecified atom stereocenters. The molecule has 5 rings (SSSR count). The van der Waals surface area contributed by atoms with Crippen molar-refractivity contribution in [2.45, 2.75) is 27.3 Å². The van der Waals surface area contributed by atoms with E-state index in [4.69, 9.17) is 14.5 Å². The molecule has 2 aromatic carbocycles. The summed E-state index contributed by atoms with van der Waals surface area (Å²) in [5, 5.41) is 12.9. The van der Waals surface area contributed by atoms with Crippen molar-refractivity contribution in [3.05, 3.63) is 66.1 Å². The van der Waals surface area contributed by atoms with Gasteiger partial charge in [-0.3, -0.25) is 4.99 Å². The van der Waals surface area contributed by atoms with Crippen LogP contribution in [0.5, 0.6) is 11.5 Å².